The number of rotatable bonds is 7. The molecule has 0 aliphatic rings. The van der Waals surface area contributed by atoms with Crippen LogP contribution in [0.15, 0.2) is 24.9 Å². The number of carbonyl (C=O) groups excluding carboxylic acids is 1. The smallest absolute Gasteiger partial charge is 0.270 e. The standard InChI is InChI=1S/C14H23N3O/c1-4-7-16(8-5-2)14(18)13-10-12(15)11-17(13)9-6-3/h4,10-11H,1,5-9,15H2,2-3H3. The Morgan fingerprint density at radius 2 is 2.22 bits per heavy atom. The van der Waals surface area contributed by atoms with E-state index in [-0.39, 0.29) is 5.91 Å². The summed E-state index contributed by atoms with van der Waals surface area (Å²) >= 11 is 0. The Morgan fingerprint density at radius 3 is 2.78 bits per heavy atom. The number of nitrogens with zero attached hydrogens (tertiary/aromatic N) is 2. The second-order valence-electron chi connectivity index (χ2n) is 4.39. The second kappa shape index (κ2) is 6.89. The van der Waals surface area contributed by atoms with Gasteiger partial charge in [-0.05, 0) is 18.9 Å². The van der Waals surface area contributed by atoms with E-state index in [0.29, 0.717) is 17.9 Å². The van der Waals surface area contributed by atoms with E-state index in [2.05, 4.69) is 20.4 Å². The lowest BCUT2D eigenvalue weighted by molar-refractivity contribution is 0.0763. The van der Waals surface area contributed by atoms with E-state index in [9.17, 15) is 4.79 Å². The highest BCUT2D eigenvalue weighted by molar-refractivity contribution is 5.94. The number of aromatic nitrogens is 1. The van der Waals surface area contributed by atoms with Gasteiger partial charge in [0, 0.05) is 25.8 Å². The van der Waals surface area contributed by atoms with Gasteiger partial charge in [0.25, 0.3) is 5.91 Å². The van der Waals surface area contributed by atoms with Gasteiger partial charge >= 0.3 is 0 Å². The first kappa shape index (κ1) is 14.4. The molecule has 4 heteroatoms. The molecule has 1 aromatic rings. The van der Waals surface area contributed by atoms with Crippen LogP contribution in [0.2, 0.25) is 0 Å². The van der Waals surface area contributed by atoms with Crippen molar-refractivity contribution >= 4 is 11.6 Å². The molecular formula is C14H23N3O. The summed E-state index contributed by atoms with van der Waals surface area (Å²) in [6.07, 6.45) is 5.49. The summed E-state index contributed by atoms with van der Waals surface area (Å²) in [5.41, 5.74) is 7.10. The van der Waals surface area contributed by atoms with Gasteiger partial charge in [0.05, 0.1) is 5.69 Å². The van der Waals surface area contributed by atoms with Gasteiger partial charge in [-0.25, -0.2) is 0 Å². The van der Waals surface area contributed by atoms with E-state index in [1.807, 2.05) is 10.8 Å². The van der Waals surface area contributed by atoms with Crippen LogP contribution in [-0.4, -0.2) is 28.5 Å². The summed E-state index contributed by atoms with van der Waals surface area (Å²) in [6, 6.07) is 1.75. The van der Waals surface area contributed by atoms with Gasteiger partial charge in [-0.15, -0.1) is 6.58 Å². The van der Waals surface area contributed by atoms with Crippen molar-refractivity contribution in [2.75, 3.05) is 18.8 Å². The molecule has 0 spiro atoms. The molecule has 0 aliphatic heterocycles. The van der Waals surface area contributed by atoms with Gasteiger partial charge in [-0.2, -0.15) is 0 Å². The molecule has 0 fully saturated rings. The van der Waals surface area contributed by atoms with Gasteiger partial charge in [0.1, 0.15) is 5.69 Å². The highest BCUT2D eigenvalue weighted by Crippen LogP contribution is 2.14. The van der Waals surface area contributed by atoms with Gasteiger partial charge < -0.3 is 15.2 Å². The van der Waals surface area contributed by atoms with E-state index in [1.165, 1.54) is 0 Å². The quantitative estimate of drug-likeness (QED) is 0.755. The highest BCUT2D eigenvalue weighted by Gasteiger charge is 2.18. The van der Waals surface area contributed by atoms with Crippen LogP contribution >= 0.6 is 0 Å². The van der Waals surface area contributed by atoms with Crippen LogP contribution in [0.1, 0.15) is 37.2 Å². The molecule has 4 nitrogen and oxygen atoms in total. The number of carbonyl (C=O) groups is 1. The molecule has 18 heavy (non-hydrogen) atoms. The number of hydrogen-bond acceptors (Lipinski definition) is 2. The molecule has 0 atom stereocenters. The molecule has 1 heterocycles. The Labute approximate surface area is 109 Å². The normalized spacial score (nSPS) is 10.3. The predicted molar refractivity (Wildman–Crippen MR) is 75.5 cm³/mol. The summed E-state index contributed by atoms with van der Waals surface area (Å²) in [5.74, 6) is 0.0295. The SMILES string of the molecule is C=CCN(CCC)C(=O)c1cc(N)cn1CCC. The van der Waals surface area contributed by atoms with Crippen molar-refractivity contribution in [1.29, 1.82) is 0 Å². The number of anilines is 1. The number of hydrogen-bond donors (Lipinski definition) is 1. The van der Waals surface area contributed by atoms with Crippen molar-refractivity contribution in [2.24, 2.45) is 0 Å². The Hall–Kier alpha value is -1.71. The van der Waals surface area contributed by atoms with Crippen LogP contribution in [0.5, 0.6) is 0 Å². The summed E-state index contributed by atoms with van der Waals surface area (Å²) in [7, 11) is 0. The lowest BCUT2D eigenvalue weighted by atomic mass is 10.3. The van der Waals surface area contributed by atoms with Crippen molar-refractivity contribution in [3.8, 4) is 0 Å². The molecule has 2 N–H and O–H groups in total. The van der Waals surface area contributed by atoms with Crippen LogP contribution in [0, 0.1) is 0 Å². The van der Waals surface area contributed by atoms with Crippen molar-refractivity contribution < 1.29 is 4.79 Å². The van der Waals surface area contributed by atoms with Crippen LogP contribution < -0.4 is 5.73 Å². The maximum atomic E-state index is 12.4. The van der Waals surface area contributed by atoms with Gasteiger partial charge in [0.2, 0.25) is 0 Å². The molecule has 0 aliphatic carbocycles. The second-order valence-corrected chi connectivity index (χ2v) is 4.39. The molecule has 100 valence electrons. The van der Waals surface area contributed by atoms with E-state index in [0.717, 1.165) is 25.9 Å². The Kier molecular flexibility index (Phi) is 5.49. The molecular weight excluding hydrogens is 226 g/mol. The Morgan fingerprint density at radius 1 is 1.50 bits per heavy atom. The average Bonchev–Trinajstić information content (AvgIpc) is 2.70. The number of nitrogens with two attached hydrogens (primary N) is 1. The van der Waals surface area contributed by atoms with E-state index in [4.69, 9.17) is 5.73 Å². The topological polar surface area (TPSA) is 51.3 Å². The van der Waals surface area contributed by atoms with E-state index >= 15 is 0 Å². The van der Waals surface area contributed by atoms with E-state index < -0.39 is 0 Å². The maximum absolute atomic E-state index is 12.4. The van der Waals surface area contributed by atoms with Crippen molar-refractivity contribution in [1.82, 2.24) is 9.47 Å². The lowest BCUT2D eigenvalue weighted by Crippen LogP contribution is -2.33. The monoisotopic (exact) mass is 249 g/mol. The lowest BCUT2D eigenvalue weighted by Gasteiger charge is -2.21. The largest absolute Gasteiger partial charge is 0.397 e. The third kappa shape index (κ3) is 3.39. The van der Waals surface area contributed by atoms with Crippen molar-refractivity contribution in [3.05, 3.63) is 30.6 Å². The summed E-state index contributed by atoms with van der Waals surface area (Å²) in [5, 5.41) is 0. The highest BCUT2D eigenvalue weighted by atomic mass is 16.2. The first-order valence-corrected chi connectivity index (χ1v) is 6.49. The average molecular weight is 249 g/mol. The first-order valence-electron chi connectivity index (χ1n) is 6.49. The van der Waals surface area contributed by atoms with Gasteiger partial charge in [0.15, 0.2) is 0 Å². The van der Waals surface area contributed by atoms with Crippen LogP contribution in [0.3, 0.4) is 0 Å². The fraction of sp³-hybridized carbons (Fsp3) is 0.500. The number of aryl methyl sites for hydroxylation is 1. The summed E-state index contributed by atoms with van der Waals surface area (Å²) in [4.78, 5) is 14.2. The zero-order chi connectivity index (χ0) is 13.5. The molecule has 0 saturated carbocycles. The molecule has 0 radical (unpaired) electrons. The minimum Gasteiger partial charge on any atom is -0.397 e. The van der Waals surface area contributed by atoms with Crippen molar-refractivity contribution in [2.45, 2.75) is 33.2 Å². The van der Waals surface area contributed by atoms with Crippen LogP contribution in [0.25, 0.3) is 0 Å². The molecule has 1 amide bonds. The first-order chi connectivity index (χ1) is 8.63. The summed E-state index contributed by atoms with van der Waals surface area (Å²) in [6.45, 7) is 9.96. The minimum atomic E-state index is 0.0295. The van der Waals surface area contributed by atoms with E-state index in [1.54, 1.807) is 17.0 Å². The molecule has 1 aromatic heterocycles. The maximum Gasteiger partial charge on any atom is 0.270 e. The van der Waals surface area contributed by atoms with Crippen molar-refractivity contribution in [3.63, 3.8) is 0 Å². The van der Waals surface area contributed by atoms with Crippen LogP contribution in [-0.2, 0) is 6.54 Å². The molecule has 0 aromatic carbocycles. The fourth-order valence-corrected chi connectivity index (χ4v) is 2.00. The zero-order valence-electron chi connectivity index (χ0n) is 11.4. The molecule has 1 rings (SSSR count). The van der Waals surface area contributed by atoms with Gasteiger partial charge in [-0.1, -0.05) is 19.9 Å². The van der Waals surface area contributed by atoms with Crippen LogP contribution in [0.4, 0.5) is 5.69 Å². The molecule has 0 saturated heterocycles. The summed E-state index contributed by atoms with van der Waals surface area (Å²) < 4.78 is 1.93. The predicted octanol–water partition coefficient (Wildman–Crippen LogP) is 2.52. The molecule has 0 bridgehead atoms. The minimum absolute atomic E-state index is 0.0295. The third-order valence-corrected chi connectivity index (χ3v) is 2.73. The number of nitrogen functional groups attached to an aromatic ring is 1. The zero-order valence-corrected chi connectivity index (χ0v) is 11.4. The Balaban J connectivity index is 2.95. The third-order valence-electron chi connectivity index (χ3n) is 2.73. The fourth-order valence-electron chi connectivity index (χ4n) is 2.00. The van der Waals surface area contributed by atoms with Gasteiger partial charge in [-0.3, -0.25) is 4.79 Å². The number of amides is 1. The molecule has 0 unspecified atom stereocenters. The Bertz CT molecular complexity index is 409.